The Bertz CT molecular complexity index is 482. The number of hydrogen-bond donors (Lipinski definition) is 1. The quantitative estimate of drug-likeness (QED) is 0.278. The molecule has 1 N–H and O–H groups in total. The molecule has 0 saturated heterocycles. The summed E-state index contributed by atoms with van der Waals surface area (Å²) in [6.07, 6.45) is 2.40. The fourth-order valence-electron chi connectivity index (χ4n) is 1.65. The zero-order valence-corrected chi connectivity index (χ0v) is 11.1. The average molecular weight is 267 g/mol. The number of pyridine rings is 1. The van der Waals surface area contributed by atoms with E-state index in [9.17, 15) is 15.1 Å². The van der Waals surface area contributed by atoms with E-state index in [2.05, 4.69) is 4.74 Å². The molecular weight excluding hydrogens is 250 g/mol. The Labute approximate surface area is 111 Å². The van der Waals surface area contributed by atoms with Crippen molar-refractivity contribution in [3.8, 4) is 0 Å². The lowest BCUT2D eigenvalue weighted by atomic mass is 9.96. The van der Waals surface area contributed by atoms with Gasteiger partial charge in [-0.3, -0.25) is 0 Å². The van der Waals surface area contributed by atoms with E-state index >= 15 is 0 Å². The molecule has 6 heteroatoms. The number of ether oxygens (including phenoxy) is 2. The van der Waals surface area contributed by atoms with Gasteiger partial charge in [-0.2, -0.15) is 4.73 Å². The molecule has 0 aliphatic rings. The molecule has 104 valence electrons. The fraction of sp³-hybridized carbons (Fsp3) is 0.385. The van der Waals surface area contributed by atoms with Crippen LogP contribution in [0.3, 0.4) is 0 Å². The standard InChI is InChI=1S/C13H17NO5/c1-13(16,11-6-4-5-7-14(11)17)9-10(18-2)8-12(15)19-3/h4-8,16H,9H2,1-3H3/b10-8+/t13-/m0/s1. The highest BCUT2D eigenvalue weighted by atomic mass is 16.5. The number of aromatic nitrogens is 1. The van der Waals surface area contributed by atoms with Crippen molar-refractivity contribution in [2.45, 2.75) is 18.9 Å². The summed E-state index contributed by atoms with van der Waals surface area (Å²) >= 11 is 0. The van der Waals surface area contributed by atoms with Gasteiger partial charge < -0.3 is 19.8 Å². The summed E-state index contributed by atoms with van der Waals surface area (Å²) in [6.45, 7) is 1.47. The first-order valence-corrected chi connectivity index (χ1v) is 5.64. The lowest BCUT2D eigenvalue weighted by Gasteiger charge is -2.22. The van der Waals surface area contributed by atoms with E-state index in [1.54, 1.807) is 12.1 Å². The maximum absolute atomic E-state index is 11.6. The van der Waals surface area contributed by atoms with Gasteiger partial charge in [-0.1, -0.05) is 0 Å². The van der Waals surface area contributed by atoms with E-state index in [4.69, 9.17) is 4.74 Å². The Morgan fingerprint density at radius 1 is 1.47 bits per heavy atom. The van der Waals surface area contributed by atoms with E-state index in [1.165, 1.54) is 33.4 Å². The van der Waals surface area contributed by atoms with Gasteiger partial charge in [-0.15, -0.1) is 0 Å². The van der Waals surface area contributed by atoms with Crippen LogP contribution in [-0.4, -0.2) is 25.3 Å². The smallest absolute Gasteiger partial charge is 0.333 e. The first-order valence-electron chi connectivity index (χ1n) is 5.64. The second kappa shape index (κ2) is 6.19. The molecule has 1 heterocycles. The van der Waals surface area contributed by atoms with Crippen molar-refractivity contribution in [3.05, 3.63) is 47.1 Å². The molecule has 0 amide bonds. The van der Waals surface area contributed by atoms with Crippen molar-refractivity contribution in [3.63, 3.8) is 0 Å². The molecule has 1 aromatic heterocycles. The molecule has 0 radical (unpaired) electrons. The number of carbonyl (C=O) groups excluding carboxylic acids is 1. The van der Waals surface area contributed by atoms with Crippen LogP contribution < -0.4 is 4.73 Å². The Hall–Kier alpha value is -2.08. The van der Waals surface area contributed by atoms with Crippen molar-refractivity contribution >= 4 is 5.97 Å². The lowest BCUT2D eigenvalue weighted by molar-refractivity contribution is -0.622. The van der Waals surface area contributed by atoms with Crippen LogP contribution in [0, 0.1) is 5.21 Å². The largest absolute Gasteiger partial charge is 0.618 e. The van der Waals surface area contributed by atoms with Gasteiger partial charge in [0.15, 0.2) is 11.8 Å². The van der Waals surface area contributed by atoms with Crippen molar-refractivity contribution in [2.75, 3.05) is 14.2 Å². The SMILES string of the molecule is COC(=O)/C=C(\C[C@](C)(O)c1cccc[n+]1[O-])OC. The Balaban J connectivity index is 2.98. The Kier molecular flexibility index (Phi) is 4.88. The molecule has 0 aromatic carbocycles. The van der Waals surface area contributed by atoms with Crippen molar-refractivity contribution in [1.29, 1.82) is 0 Å². The van der Waals surface area contributed by atoms with Gasteiger partial charge in [0.05, 0.1) is 20.3 Å². The minimum absolute atomic E-state index is 0.0230. The van der Waals surface area contributed by atoms with Crippen LogP contribution in [0.25, 0.3) is 0 Å². The number of rotatable bonds is 5. The van der Waals surface area contributed by atoms with Crippen molar-refractivity contribution in [1.82, 2.24) is 0 Å². The summed E-state index contributed by atoms with van der Waals surface area (Å²) in [5.41, 5.74) is -1.29. The summed E-state index contributed by atoms with van der Waals surface area (Å²) in [7, 11) is 2.62. The Morgan fingerprint density at radius 2 is 2.16 bits per heavy atom. The van der Waals surface area contributed by atoms with Gasteiger partial charge in [0, 0.05) is 18.6 Å². The van der Waals surface area contributed by atoms with E-state index in [0.29, 0.717) is 4.73 Å². The first kappa shape index (κ1) is 15.0. The average Bonchev–Trinajstić information content (AvgIpc) is 2.37. The normalized spacial score (nSPS) is 14.6. The molecule has 6 nitrogen and oxygen atoms in total. The maximum Gasteiger partial charge on any atom is 0.333 e. The predicted octanol–water partition coefficient (Wildman–Crippen LogP) is 0.621. The summed E-state index contributed by atoms with van der Waals surface area (Å²) in [5.74, 6) is -0.364. The number of methoxy groups -OCH3 is 2. The number of aliphatic hydroxyl groups is 1. The molecule has 1 atom stereocenters. The number of carbonyl (C=O) groups is 1. The van der Waals surface area contributed by atoms with Gasteiger partial charge >= 0.3 is 5.97 Å². The third-order valence-electron chi connectivity index (χ3n) is 2.64. The minimum atomic E-state index is -1.46. The molecule has 19 heavy (non-hydrogen) atoms. The zero-order chi connectivity index (χ0) is 14.5. The molecule has 0 bridgehead atoms. The van der Waals surface area contributed by atoms with Gasteiger partial charge in [-0.25, -0.2) is 4.79 Å². The number of nitrogens with zero attached hydrogens (tertiary/aromatic N) is 1. The minimum Gasteiger partial charge on any atom is -0.618 e. The fourth-order valence-corrected chi connectivity index (χ4v) is 1.65. The summed E-state index contributed by atoms with van der Waals surface area (Å²) in [4.78, 5) is 11.1. The number of hydrogen-bond acceptors (Lipinski definition) is 5. The predicted molar refractivity (Wildman–Crippen MR) is 66.7 cm³/mol. The molecule has 0 aliphatic heterocycles. The Morgan fingerprint density at radius 3 is 2.68 bits per heavy atom. The van der Waals surface area contributed by atoms with Crippen LogP contribution in [0.2, 0.25) is 0 Å². The molecule has 1 rings (SSSR count). The van der Waals surface area contributed by atoms with Gasteiger partial charge in [0.2, 0.25) is 5.69 Å². The summed E-state index contributed by atoms with van der Waals surface area (Å²) < 4.78 is 10.1. The van der Waals surface area contributed by atoms with Crippen LogP contribution in [0.15, 0.2) is 36.2 Å². The second-order valence-electron chi connectivity index (χ2n) is 4.20. The third-order valence-corrected chi connectivity index (χ3v) is 2.64. The van der Waals surface area contributed by atoms with Gasteiger partial charge in [0.25, 0.3) is 0 Å². The van der Waals surface area contributed by atoms with E-state index < -0.39 is 11.6 Å². The highest BCUT2D eigenvalue weighted by Crippen LogP contribution is 2.25. The maximum atomic E-state index is 11.6. The highest BCUT2D eigenvalue weighted by molar-refractivity contribution is 5.82. The van der Waals surface area contributed by atoms with Crippen LogP contribution in [0.4, 0.5) is 0 Å². The van der Waals surface area contributed by atoms with Crippen LogP contribution in [-0.2, 0) is 19.9 Å². The van der Waals surface area contributed by atoms with Crippen LogP contribution >= 0.6 is 0 Å². The summed E-state index contributed by atoms with van der Waals surface area (Å²) in [6, 6.07) is 4.72. The molecule has 0 spiro atoms. The second-order valence-corrected chi connectivity index (χ2v) is 4.20. The van der Waals surface area contributed by atoms with E-state index in [1.807, 2.05) is 0 Å². The van der Waals surface area contributed by atoms with E-state index in [-0.39, 0.29) is 17.9 Å². The highest BCUT2D eigenvalue weighted by Gasteiger charge is 2.32. The third kappa shape index (κ3) is 3.96. The van der Waals surface area contributed by atoms with E-state index in [0.717, 1.165) is 6.08 Å². The first-order chi connectivity index (χ1) is 8.90. The van der Waals surface area contributed by atoms with Crippen molar-refractivity contribution in [2.24, 2.45) is 0 Å². The number of esters is 1. The zero-order valence-electron chi connectivity index (χ0n) is 11.1. The van der Waals surface area contributed by atoms with Crippen LogP contribution in [0.1, 0.15) is 19.0 Å². The molecule has 0 unspecified atom stereocenters. The van der Waals surface area contributed by atoms with Gasteiger partial charge in [0.1, 0.15) is 5.76 Å². The molecule has 0 saturated carbocycles. The monoisotopic (exact) mass is 267 g/mol. The van der Waals surface area contributed by atoms with Crippen LogP contribution in [0.5, 0.6) is 0 Å². The molecule has 1 aromatic rings. The molecule has 0 aliphatic carbocycles. The molecule has 0 fully saturated rings. The molecular formula is C13H17NO5. The lowest BCUT2D eigenvalue weighted by Crippen LogP contribution is -2.40. The topological polar surface area (TPSA) is 82.7 Å². The van der Waals surface area contributed by atoms with Gasteiger partial charge in [-0.05, 0) is 13.0 Å². The van der Waals surface area contributed by atoms with Crippen molar-refractivity contribution < 1.29 is 24.1 Å². The summed E-state index contributed by atoms with van der Waals surface area (Å²) in [5, 5.41) is 22.0.